The molecule has 2 aliphatic heterocycles. The minimum absolute atomic E-state index is 0.0463. The normalized spacial score (nSPS) is 17.0. The number of morpholine rings is 1. The van der Waals surface area contributed by atoms with Crippen LogP contribution in [0.4, 0.5) is 11.4 Å². The number of esters is 1. The number of carbonyl (C=O) groups is 1. The van der Waals surface area contributed by atoms with E-state index in [9.17, 15) is 19.7 Å². The van der Waals surface area contributed by atoms with E-state index in [4.69, 9.17) is 19.2 Å². The molecule has 0 radical (unpaired) electrons. The summed E-state index contributed by atoms with van der Waals surface area (Å²) in [5.74, 6) is -0.0537. The highest BCUT2D eigenvalue weighted by atomic mass is 79.9. The van der Waals surface area contributed by atoms with Crippen LogP contribution in [0.25, 0.3) is 6.08 Å². The second-order valence-corrected chi connectivity index (χ2v) is 11.8. The van der Waals surface area contributed by atoms with Crippen molar-refractivity contribution < 1.29 is 23.9 Å². The molecule has 43 heavy (non-hydrogen) atoms. The molecule has 0 unspecified atom stereocenters. The number of allylic oxidation sites excluding steroid dienone is 1. The summed E-state index contributed by atoms with van der Waals surface area (Å²) in [6.07, 6.45) is 2.85. The lowest BCUT2D eigenvalue weighted by Crippen LogP contribution is -2.40. The number of benzene rings is 2. The van der Waals surface area contributed by atoms with Crippen molar-refractivity contribution in [3.05, 3.63) is 93.1 Å². The van der Waals surface area contributed by atoms with Gasteiger partial charge in [-0.3, -0.25) is 19.5 Å². The zero-order valence-corrected chi connectivity index (χ0v) is 26.4. The van der Waals surface area contributed by atoms with Crippen LogP contribution in [-0.2, 0) is 14.3 Å². The van der Waals surface area contributed by atoms with E-state index in [1.807, 2.05) is 24.0 Å². The average Bonchev–Trinajstić information content (AvgIpc) is 3.31. The summed E-state index contributed by atoms with van der Waals surface area (Å²) in [7, 11) is 1.53. The molecule has 2 aliphatic rings. The maximum absolute atomic E-state index is 14.1. The standard InChI is InChI=1S/C30H31BrN4O7S/c1-4-6-21-26(29(37)42-5-2)27(20-17-19(31)8-10-24(20)40-3)34-28(36)25(43-30(34)32-21)16-18-7-9-22(23(15-18)35(38)39)33-11-13-41-14-12-33/h7-10,15-17,27H,4-6,11-14H2,1-3H3/b25-16-/t27-/m1/s1. The fourth-order valence-corrected chi connectivity index (χ4v) is 6.73. The average molecular weight is 672 g/mol. The van der Waals surface area contributed by atoms with E-state index in [-0.39, 0.29) is 23.4 Å². The Morgan fingerprint density at radius 1 is 1.23 bits per heavy atom. The van der Waals surface area contributed by atoms with Crippen LogP contribution in [0.3, 0.4) is 0 Å². The van der Waals surface area contributed by atoms with E-state index < -0.39 is 16.9 Å². The third-order valence-electron chi connectivity index (χ3n) is 7.22. The van der Waals surface area contributed by atoms with Crippen molar-refractivity contribution in [3.63, 3.8) is 0 Å². The third-order valence-corrected chi connectivity index (χ3v) is 8.70. The highest BCUT2D eigenvalue weighted by molar-refractivity contribution is 9.10. The molecule has 13 heteroatoms. The topological polar surface area (TPSA) is 126 Å². The van der Waals surface area contributed by atoms with Gasteiger partial charge >= 0.3 is 5.97 Å². The lowest BCUT2D eigenvalue weighted by Gasteiger charge is -2.28. The van der Waals surface area contributed by atoms with Crippen LogP contribution in [0.15, 0.2) is 61.9 Å². The van der Waals surface area contributed by atoms with Crippen LogP contribution in [0.2, 0.25) is 0 Å². The summed E-state index contributed by atoms with van der Waals surface area (Å²) in [5, 5.41) is 12.0. The molecular weight excluding hydrogens is 640 g/mol. The van der Waals surface area contributed by atoms with E-state index in [0.717, 1.165) is 10.9 Å². The molecular formula is C30H31BrN4O7S. The lowest BCUT2D eigenvalue weighted by atomic mass is 9.93. The number of hydrogen-bond acceptors (Lipinski definition) is 10. The first-order chi connectivity index (χ1) is 20.8. The number of aromatic nitrogens is 1. The smallest absolute Gasteiger partial charge is 0.338 e. The first kappa shape index (κ1) is 30.6. The third kappa shape index (κ3) is 6.15. The van der Waals surface area contributed by atoms with Gasteiger partial charge in [-0.15, -0.1) is 0 Å². The number of fused-ring (bicyclic) bond motifs is 1. The van der Waals surface area contributed by atoms with Crippen LogP contribution in [0.5, 0.6) is 5.75 Å². The van der Waals surface area contributed by atoms with Crippen molar-refractivity contribution in [2.24, 2.45) is 4.99 Å². The Bertz CT molecular complexity index is 1780. The number of nitro benzene ring substituents is 1. The van der Waals surface area contributed by atoms with Crippen molar-refractivity contribution >= 4 is 50.7 Å². The first-order valence-electron chi connectivity index (χ1n) is 13.9. The van der Waals surface area contributed by atoms with Gasteiger partial charge in [0.1, 0.15) is 17.5 Å². The highest BCUT2D eigenvalue weighted by Gasteiger charge is 2.36. The first-order valence-corrected chi connectivity index (χ1v) is 15.5. The van der Waals surface area contributed by atoms with Crippen LogP contribution in [0, 0.1) is 10.1 Å². The van der Waals surface area contributed by atoms with Gasteiger partial charge in [0.2, 0.25) is 0 Å². The summed E-state index contributed by atoms with van der Waals surface area (Å²) >= 11 is 4.69. The molecule has 5 rings (SSSR count). The van der Waals surface area contributed by atoms with E-state index in [0.29, 0.717) is 70.3 Å². The molecule has 1 saturated heterocycles. The van der Waals surface area contributed by atoms with Crippen molar-refractivity contribution in [1.82, 2.24) is 4.57 Å². The van der Waals surface area contributed by atoms with Gasteiger partial charge in [0.05, 0.1) is 47.7 Å². The molecule has 0 spiro atoms. The number of thiazole rings is 1. The van der Waals surface area contributed by atoms with Crippen LogP contribution < -0.4 is 24.5 Å². The van der Waals surface area contributed by atoms with Gasteiger partial charge in [-0.05, 0) is 49.2 Å². The molecule has 2 aromatic carbocycles. The van der Waals surface area contributed by atoms with Gasteiger partial charge in [-0.1, -0.05) is 46.7 Å². The molecule has 0 bridgehead atoms. The lowest BCUT2D eigenvalue weighted by molar-refractivity contribution is -0.384. The highest BCUT2D eigenvalue weighted by Crippen LogP contribution is 2.38. The number of rotatable bonds is 9. The molecule has 0 amide bonds. The summed E-state index contributed by atoms with van der Waals surface area (Å²) in [6.45, 7) is 5.99. The number of anilines is 1. The number of halogens is 1. The summed E-state index contributed by atoms with van der Waals surface area (Å²) in [6, 6.07) is 9.50. The van der Waals surface area contributed by atoms with Gasteiger partial charge < -0.3 is 19.1 Å². The van der Waals surface area contributed by atoms with Gasteiger partial charge in [0, 0.05) is 29.2 Å². The zero-order valence-electron chi connectivity index (χ0n) is 24.0. The van der Waals surface area contributed by atoms with Crippen molar-refractivity contribution in [1.29, 1.82) is 0 Å². The molecule has 0 saturated carbocycles. The maximum Gasteiger partial charge on any atom is 0.338 e. The second-order valence-electron chi connectivity index (χ2n) is 9.90. The summed E-state index contributed by atoms with van der Waals surface area (Å²) < 4.78 is 19.1. The van der Waals surface area contributed by atoms with Crippen LogP contribution >= 0.6 is 27.3 Å². The Kier molecular flexibility index (Phi) is 9.43. The zero-order chi connectivity index (χ0) is 30.7. The monoisotopic (exact) mass is 670 g/mol. The van der Waals surface area contributed by atoms with Crippen LogP contribution in [-0.4, -0.2) is 55.5 Å². The second kappa shape index (κ2) is 13.2. The minimum atomic E-state index is -0.857. The van der Waals surface area contributed by atoms with E-state index in [1.165, 1.54) is 29.1 Å². The number of carbonyl (C=O) groups excluding carboxylic acids is 1. The SMILES string of the molecule is CCCC1=C(C(=O)OCC)[C@@H](c2cc(Br)ccc2OC)n2c(s/c(=C\c3ccc(N4CCOCC4)c([N+](=O)[O-])c3)c2=O)=N1. The molecule has 1 aromatic heterocycles. The Hall–Kier alpha value is -3.81. The van der Waals surface area contributed by atoms with Gasteiger partial charge in [0.25, 0.3) is 11.2 Å². The number of ether oxygens (including phenoxy) is 3. The Labute approximate surface area is 260 Å². The molecule has 0 aliphatic carbocycles. The summed E-state index contributed by atoms with van der Waals surface area (Å²) in [4.78, 5) is 46.3. The summed E-state index contributed by atoms with van der Waals surface area (Å²) in [5.41, 5.74) is 2.02. The predicted octanol–water partition coefficient (Wildman–Crippen LogP) is 4.09. The van der Waals surface area contributed by atoms with E-state index >= 15 is 0 Å². The number of methoxy groups -OCH3 is 1. The fraction of sp³-hybridized carbons (Fsp3) is 0.367. The Morgan fingerprint density at radius 3 is 2.67 bits per heavy atom. The number of nitro groups is 1. The quantitative estimate of drug-likeness (QED) is 0.189. The molecule has 1 fully saturated rings. The maximum atomic E-state index is 14.1. The van der Waals surface area contributed by atoms with Gasteiger partial charge in [-0.25, -0.2) is 9.79 Å². The molecule has 0 N–H and O–H groups in total. The predicted molar refractivity (Wildman–Crippen MR) is 166 cm³/mol. The number of hydrogen-bond donors (Lipinski definition) is 0. The van der Waals surface area contributed by atoms with Crippen LogP contribution in [0.1, 0.15) is 43.9 Å². The number of nitrogens with zero attached hydrogens (tertiary/aromatic N) is 4. The molecule has 1 atom stereocenters. The Balaban J connectivity index is 1.71. The molecule has 3 heterocycles. The molecule has 11 nitrogen and oxygen atoms in total. The van der Waals surface area contributed by atoms with Crippen molar-refractivity contribution in [2.75, 3.05) is 44.9 Å². The largest absolute Gasteiger partial charge is 0.496 e. The van der Waals surface area contributed by atoms with E-state index in [1.54, 1.807) is 31.2 Å². The minimum Gasteiger partial charge on any atom is -0.496 e. The molecule has 226 valence electrons. The van der Waals surface area contributed by atoms with Gasteiger partial charge in [-0.2, -0.15) is 0 Å². The van der Waals surface area contributed by atoms with Crippen molar-refractivity contribution in [3.8, 4) is 5.75 Å². The Morgan fingerprint density at radius 2 is 2.00 bits per heavy atom. The van der Waals surface area contributed by atoms with Crippen molar-refractivity contribution in [2.45, 2.75) is 32.7 Å². The van der Waals surface area contributed by atoms with E-state index in [2.05, 4.69) is 15.9 Å². The fourth-order valence-electron chi connectivity index (χ4n) is 5.33. The van der Waals surface area contributed by atoms with Gasteiger partial charge in [0.15, 0.2) is 4.80 Å². The molecule has 3 aromatic rings.